The molecule has 2 rings (SSSR count). The van der Waals surface area contributed by atoms with E-state index in [1.807, 2.05) is 18.6 Å². The predicted octanol–water partition coefficient (Wildman–Crippen LogP) is 3.00. The lowest BCUT2D eigenvalue weighted by Gasteiger charge is -2.23. The van der Waals surface area contributed by atoms with Gasteiger partial charge in [0.25, 0.3) is 0 Å². The molecule has 0 atom stereocenters. The van der Waals surface area contributed by atoms with Gasteiger partial charge in [0, 0.05) is 43.9 Å². The van der Waals surface area contributed by atoms with E-state index in [1.54, 1.807) is 0 Å². The number of hydrogen-bond acceptors (Lipinski definition) is 4. The lowest BCUT2D eigenvalue weighted by Crippen LogP contribution is -2.22. The number of hydrogen-bond donors (Lipinski definition) is 1. The molecule has 0 aliphatic rings. The van der Waals surface area contributed by atoms with Crippen molar-refractivity contribution in [2.45, 2.75) is 33.4 Å². The fourth-order valence-corrected chi connectivity index (χ4v) is 2.25. The van der Waals surface area contributed by atoms with E-state index in [2.05, 4.69) is 58.3 Å². The molecule has 4 nitrogen and oxygen atoms in total. The second-order valence-electron chi connectivity index (χ2n) is 5.05. The van der Waals surface area contributed by atoms with Crippen molar-refractivity contribution >= 4 is 5.69 Å². The molecule has 0 unspecified atom stereocenters. The maximum atomic E-state index is 4.44. The van der Waals surface area contributed by atoms with Crippen LogP contribution >= 0.6 is 0 Å². The van der Waals surface area contributed by atoms with E-state index < -0.39 is 0 Å². The van der Waals surface area contributed by atoms with Gasteiger partial charge in [-0.3, -0.25) is 9.97 Å². The summed E-state index contributed by atoms with van der Waals surface area (Å²) in [5.74, 6) is 0. The van der Waals surface area contributed by atoms with Crippen LogP contribution in [0, 0.1) is 0 Å². The predicted molar refractivity (Wildman–Crippen MR) is 87.2 cm³/mol. The zero-order valence-corrected chi connectivity index (χ0v) is 12.9. The molecule has 1 N–H and O–H groups in total. The first-order valence-electron chi connectivity index (χ1n) is 7.63. The Morgan fingerprint density at radius 2 is 1.90 bits per heavy atom. The average Bonchev–Trinajstić information content (AvgIpc) is 2.54. The van der Waals surface area contributed by atoms with Crippen molar-refractivity contribution in [2.24, 2.45) is 0 Å². The van der Waals surface area contributed by atoms with Gasteiger partial charge < -0.3 is 10.2 Å². The van der Waals surface area contributed by atoms with Crippen LogP contribution in [-0.2, 0) is 13.1 Å². The van der Waals surface area contributed by atoms with Crippen molar-refractivity contribution < 1.29 is 0 Å². The highest BCUT2D eigenvalue weighted by Crippen LogP contribution is 2.17. The summed E-state index contributed by atoms with van der Waals surface area (Å²) < 4.78 is 0. The minimum absolute atomic E-state index is 0.828. The summed E-state index contributed by atoms with van der Waals surface area (Å²) in [6, 6.07) is 8.38. The third-order valence-corrected chi connectivity index (χ3v) is 3.40. The van der Waals surface area contributed by atoms with Crippen LogP contribution in [0.3, 0.4) is 0 Å². The number of nitrogens with zero attached hydrogens (tertiary/aromatic N) is 3. The third-order valence-electron chi connectivity index (χ3n) is 3.40. The van der Waals surface area contributed by atoms with Gasteiger partial charge in [-0.25, -0.2) is 0 Å². The number of aromatic nitrogens is 2. The number of pyridine rings is 2. The largest absolute Gasteiger partial charge is 0.367 e. The molecule has 0 saturated heterocycles. The van der Waals surface area contributed by atoms with Gasteiger partial charge in [0.05, 0.1) is 5.69 Å². The molecule has 0 spiro atoms. The van der Waals surface area contributed by atoms with E-state index in [4.69, 9.17) is 0 Å². The van der Waals surface area contributed by atoms with Crippen LogP contribution in [0.15, 0.2) is 42.9 Å². The Morgan fingerprint density at radius 3 is 2.62 bits per heavy atom. The van der Waals surface area contributed by atoms with Crippen molar-refractivity contribution in [3.63, 3.8) is 0 Å². The van der Waals surface area contributed by atoms with Crippen LogP contribution in [0.2, 0.25) is 0 Å². The Hall–Kier alpha value is -1.94. The van der Waals surface area contributed by atoms with Crippen LogP contribution in [0.4, 0.5) is 5.69 Å². The van der Waals surface area contributed by atoms with Crippen LogP contribution in [-0.4, -0.2) is 23.1 Å². The lowest BCUT2D eigenvalue weighted by atomic mass is 10.2. The number of anilines is 1. The fourth-order valence-electron chi connectivity index (χ4n) is 2.25. The SMILES string of the molecule is CCCNCc1cc(N(CC)Cc2ccncc2)ccn1. The van der Waals surface area contributed by atoms with E-state index in [-0.39, 0.29) is 0 Å². The Bertz CT molecular complexity index is 527. The summed E-state index contributed by atoms with van der Waals surface area (Å²) in [4.78, 5) is 10.9. The number of nitrogens with one attached hydrogen (secondary N) is 1. The van der Waals surface area contributed by atoms with E-state index >= 15 is 0 Å². The van der Waals surface area contributed by atoms with Crippen LogP contribution < -0.4 is 10.2 Å². The Morgan fingerprint density at radius 1 is 1.10 bits per heavy atom. The van der Waals surface area contributed by atoms with Crippen molar-refractivity contribution in [1.82, 2.24) is 15.3 Å². The molecule has 112 valence electrons. The monoisotopic (exact) mass is 284 g/mol. The fraction of sp³-hybridized carbons (Fsp3) is 0.412. The molecule has 0 amide bonds. The summed E-state index contributed by atoms with van der Waals surface area (Å²) >= 11 is 0. The van der Waals surface area contributed by atoms with Crippen molar-refractivity contribution in [2.75, 3.05) is 18.0 Å². The highest BCUT2D eigenvalue weighted by atomic mass is 15.1. The molecular weight excluding hydrogens is 260 g/mol. The van der Waals surface area contributed by atoms with Gasteiger partial charge in [-0.15, -0.1) is 0 Å². The molecule has 0 fully saturated rings. The highest BCUT2D eigenvalue weighted by molar-refractivity contribution is 5.47. The number of rotatable bonds is 8. The Kier molecular flexibility index (Phi) is 6.16. The zero-order chi connectivity index (χ0) is 14.9. The van der Waals surface area contributed by atoms with Crippen LogP contribution in [0.1, 0.15) is 31.5 Å². The second kappa shape index (κ2) is 8.37. The normalized spacial score (nSPS) is 10.6. The van der Waals surface area contributed by atoms with Gasteiger partial charge in [0.1, 0.15) is 0 Å². The molecule has 2 heterocycles. The van der Waals surface area contributed by atoms with Gasteiger partial charge in [-0.05, 0) is 49.7 Å². The quantitative estimate of drug-likeness (QED) is 0.757. The minimum Gasteiger partial charge on any atom is -0.367 e. The summed E-state index contributed by atoms with van der Waals surface area (Å²) in [6.07, 6.45) is 6.72. The highest BCUT2D eigenvalue weighted by Gasteiger charge is 2.06. The standard InChI is InChI=1S/C17H24N4/c1-3-8-19-13-16-12-17(7-11-20-16)21(4-2)14-15-5-9-18-10-6-15/h5-7,9-12,19H,3-4,8,13-14H2,1-2H3. The zero-order valence-electron chi connectivity index (χ0n) is 12.9. The van der Waals surface area contributed by atoms with Crippen molar-refractivity contribution in [1.29, 1.82) is 0 Å². The van der Waals surface area contributed by atoms with Gasteiger partial charge in [-0.1, -0.05) is 6.92 Å². The summed E-state index contributed by atoms with van der Waals surface area (Å²) in [5, 5.41) is 3.40. The molecular formula is C17H24N4. The smallest absolute Gasteiger partial charge is 0.0562 e. The molecule has 4 heteroatoms. The molecule has 0 aliphatic carbocycles. The third kappa shape index (κ3) is 4.83. The first-order valence-corrected chi connectivity index (χ1v) is 7.63. The first kappa shape index (κ1) is 15.4. The average molecular weight is 284 g/mol. The Balaban J connectivity index is 2.05. The topological polar surface area (TPSA) is 41.0 Å². The Labute approximate surface area is 127 Å². The molecule has 21 heavy (non-hydrogen) atoms. The van der Waals surface area contributed by atoms with Crippen molar-refractivity contribution in [3.8, 4) is 0 Å². The van der Waals surface area contributed by atoms with Gasteiger partial charge >= 0.3 is 0 Å². The summed E-state index contributed by atoms with van der Waals surface area (Å²) in [6.45, 7) is 8.06. The van der Waals surface area contributed by atoms with Gasteiger partial charge in [-0.2, -0.15) is 0 Å². The van der Waals surface area contributed by atoms with Crippen LogP contribution in [0.5, 0.6) is 0 Å². The summed E-state index contributed by atoms with van der Waals surface area (Å²) in [5.41, 5.74) is 3.58. The molecule has 2 aromatic rings. The van der Waals surface area contributed by atoms with E-state index in [9.17, 15) is 0 Å². The van der Waals surface area contributed by atoms with E-state index in [0.29, 0.717) is 0 Å². The lowest BCUT2D eigenvalue weighted by molar-refractivity contribution is 0.664. The second-order valence-corrected chi connectivity index (χ2v) is 5.05. The molecule has 0 aromatic carbocycles. The van der Waals surface area contributed by atoms with Gasteiger partial charge in [0.2, 0.25) is 0 Å². The van der Waals surface area contributed by atoms with Crippen LogP contribution in [0.25, 0.3) is 0 Å². The minimum atomic E-state index is 0.828. The maximum Gasteiger partial charge on any atom is 0.0562 e. The summed E-state index contributed by atoms with van der Waals surface area (Å²) in [7, 11) is 0. The molecule has 0 radical (unpaired) electrons. The van der Waals surface area contributed by atoms with Gasteiger partial charge in [0.15, 0.2) is 0 Å². The maximum absolute atomic E-state index is 4.44. The van der Waals surface area contributed by atoms with E-state index in [1.165, 1.54) is 11.3 Å². The first-order chi connectivity index (χ1) is 10.3. The molecule has 2 aromatic heterocycles. The molecule has 0 aliphatic heterocycles. The van der Waals surface area contributed by atoms with Crippen molar-refractivity contribution in [3.05, 3.63) is 54.1 Å². The molecule has 0 saturated carbocycles. The molecule has 0 bridgehead atoms. The van der Waals surface area contributed by atoms with E-state index in [0.717, 1.165) is 38.3 Å².